The lowest BCUT2D eigenvalue weighted by atomic mass is 10.0. The molecule has 0 saturated carbocycles. The fourth-order valence-electron chi connectivity index (χ4n) is 2.37. The Morgan fingerprint density at radius 2 is 1.42 bits per heavy atom. The van der Waals surface area contributed by atoms with Crippen LogP contribution in [0.2, 0.25) is 5.02 Å². The van der Waals surface area contributed by atoms with E-state index in [4.69, 9.17) is 17.3 Å². The van der Waals surface area contributed by atoms with Gasteiger partial charge in [-0.05, 0) is 24.1 Å². The van der Waals surface area contributed by atoms with Crippen LogP contribution in [0.4, 0.5) is 0 Å². The normalized spacial score (nSPS) is 12.6. The van der Waals surface area contributed by atoms with Crippen molar-refractivity contribution in [3.63, 3.8) is 0 Å². The third-order valence-corrected chi connectivity index (χ3v) is 3.92. The molecule has 1 aromatic carbocycles. The zero-order valence-electron chi connectivity index (χ0n) is 12.2. The predicted octanol–water partition coefficient (Wildman–Crippen LogP) is 5.87. The lowest BCUT2D eigenvalue weighted by molar-refractivity contribution is 0.536. The van der Waals surface area contributed by atoms with Crippen LogP contribution in [0.15, 0.2) is 24.3 Å². The maximum absolute atomic E-state index is 6.18. The van der Waals surface area contributed by atoms with Crippen molar-refractivity contribution < 1.29 is 0 Å². The van der Waals surface area contributed by atoms with E-state index in [9.17, 15) is 0 Å². The van der Waals surface area contributed by atoms with Crippen molar-refractivity contribution in [2.24, 2.45) is 5.73 Å². The van der Waals surface area contributed by atoms with E-state index in [1.54, 1.807) is 0 Å². The van der Waals surface area contributed by atoms with Crippen LogP contribution in [0, 0.1) is 0 Å². The molecule has 0 spiro atoms. The Balaban J connectivity index is 2.04. The Morgan fingerprint density at radius 1 is 0.895 bits per heavy atom. The van der Waals surface area contributed by atoms with Crippen molar-refractivity contribution in [2.45, 2.75) is 70.8 Å². The van der Waals surface area contributed by atoms with Gasteiger partial charge in [-0.25, -0.2) is 0 Å². The van der Waals surface area contributed by atoms with E-state index in [2.05, 4.69) is 6.92 Å². The van der Waals surface area contributed by atoms with Crippen LogP contribution < -0.4 is 5.73 Å². The molecular weight excluding hydrogens is 254 g/mol. The minimum absolute atomic E-state index is 0.164. The standard InChI is InChI=1S/C17H28ClN/c1-2-3-4-5-6-7-8-9-10-17(19)15-11-13-16(18)14-12-15/h11-14,17H,2-10,19H2,1H3. The van der Waals surface area contributed by atoms with E-state index in [0.717, 1.165) is 11.4 Å². The number of benzene rings is 1. The van der Waals surface area contributed by atoms with Crippen LogP contribution in [0.25, 0.3) is 0 Å². The molecule has 0 aliphatic rings. The number of unbranched alkanes of at least 4 members (excludes halogenated alkanes) is 7. The molecule has 0 radical (unpaired) electrons. The highest BCUT2D eigenvalue weighted by molar-refractivity contribution is 6.30. The molecule has 0 bridgehead atoms. The van der Waals surface area contributed by atoms with E-state index in [-0.39, 0.29) is 6.04 Å². The quantitative estimate of drug-likeness (QED) is 0.533. The van der Waals surface area contributed by atoms with Gasteiger partial charge in [0.15, 0.2) is 0 Å². The first kappa shape index (κ1) is 16.5. The molecule has 1 aromatic rings. The first-order valence-corrected chi connectivity index (χ1v) is 8.13. The van der Waals surface area contributed by atoms with Crippen LogP contribution in [0.5, 0.6) is 0 Å². The number of hydrogen-bond acceptors (Lipinski definition) is 1. The average molecular weight is 282 g/mol. The highest BCUT2D eigenvalue weighted by atomic mass is 35.5. The van der Waals surface area contributed by atoms with Crippen molar-refractivity contribution in [3.05, 3.63) is 34.9 Å². The zero-order valence-corrected chi connectivity index (χ0v) is 13.0. The van der Waals surface area contributed by atoms with Crippen LogP contribution in [0.3, 0.4) is 0 Å². The minimum Gasteiger partial charge on any atom is -0.324 e. The second kappa shape index (κ2) is 10.3. The lowest BCUT2D eigenvalue weighted by Crippen LogP contribution is -2.09. The molecule has 0 aliphatic carbocycles. The molecule has 19 heavy (non-hydrogen) atoms. The highest BCUT2D eigenvalue weighted by Crippen LogP contribution is 2.20. The van der Waals surface area contributed by atoms with Crippen LogP contribution in [-0.4, -0.2) is 0 Å². The molecule has 0 aromatic heterocycles. The number of rotatable bonds is 10. The van der Waals surface area contributed by atoms with E-state index in [0.29, 0.717) is 0 Å². The fraction of sp³-hybridized carbons (Fsp3) is 0.647. The van der Waals surface area contributed by atoms with Gasteiger partial charge in [-0.3, -0.25) is 0 Å². The Morgan fingerprint density at radius 3 is 2.00 bits per heavy atom. The van der Waals surface area contributed by atoms with Gasteiger partial charge in [0, 0.05) is 11.1 Å². The van der Waals surface area contributed by atoms with E-state index in [1.807, 2.05) is 24.3 Å². The Kier molecular flexibility index (Phi) is 8.94. The summed E-state index contributed by atoms with van der Waals surface area (Å²) in [6, 6.07) is 8.09. The predicted molar refractivity (Wildman–Crippen MR) is 85.6 cm³/mol. The monoisotopic (exact) mass is 281 g/mol. The van der Waals surface area contributed by atoms with Gasteiger partial charge < -0.3 is 5.73 Å². The van der Waals surface area contributed by atoms with E-state index >= 15 is 0 Å². The second-order valence-electron chi connectivity index (χ2n) is 5.42. The van der Waals surface area contributed by atoms with Gasteiger partial charge in [0.25, 0.3) is 0 Å². The van der Waals surface area contributed by atoms with Crippen LogP contribution >= 0.6 is 11.6 Å². The summed E-state index contributed by atoms with van der Waals surface area (Å²) in [5.74, 6) is 0. The third-order valence-electron chi connectivity index (χ3n) is 3.67. The van der Waals surface area contributed by atoms with Gasteiger partial charge >= 0.3 is 0 Å². The first-order valence-electron chi connectivity index (χ1n) is 7.75. The van der Waals surface area contributed by atoms with Gasteiger partial charge in [0.05, 0.1) is 0 Å². The molecule has 1 atom stereocenters. The molecular formula is C17H28ClN. The minimum atomic E-state index is 0.164. The van der Waals surface area contributed by atoms with Crippen molar-refractivity contribution in [1.82, 2.24) is 0 Å². The smallest absolute Gasteiger partial charge is 0.0406 e. The summed E-state index contributed by atoms with van der Waals surface area (Å²) in [5, 5.41) is 0.781. The third kappa shape index (κ3) is 7.59. The van der Waals surface area contributed by atoms with Gasteiger partial charge in [0.1, 0.15) is 0 Å². The Labute approximate surface area is 123 Å². The van der Waals surface area contributed by atoms with Gasteiger partial charge in [0.2, 0.25) is 0 Å². The summed E-state index contributed by atoms with van der Waals surface area (Å²) in [4.78, 5) is 0. The Hall–Kier alpha value is -0.530. The number of halogens is 1. The molecule has 0 aliphatic heterocycles. The topological polar surface area (TPSA) is 26.0 Å². The Bertz CT molecular complexity index is 321. The SMILES string of the molecule is CCCCCCCCCCC(N)c1ccc(Cl)cc1. The summed E-state index contributed by atoms with van der Waals surface area (Å²) in [7, 11) is 0. The van der Waals surface area contributed by atoms with Gasteiger partial charge in [-0.1, -0.05) is 82.0 Å². The van der Waals surface area contributed by atoms with E-state index < -0.39 is 0 Å². The molecule has 0 heterocycles. The van der Waals surface area contributed by atoms with Gasteiger partial charge in [-0.15, -0.1) is 0 Å². The van der Waals surface area contributed by atoms with E-state index in [1.165, 1.54) is 56.9 Å². The van der Waals surface area contributed by atoms with Crippen molar-refractivity contribution in [1.29, 1.82) is 0 Å². The summed E-state index contributed by atoms with van der Waals surface area (Å²) in [5.41, 5.74) is 7.38. The van der Waals surface area contributed by atoms with Crippen molar-refractivity contribution in [3.8, 4) is 0 Å². The summed E-state index contributed by atoms with van der Waals surface area (Å²) >= 11 is 5.87. The van der Waals surface area contributed by atoms with Crippen molar-refractivity contribution in [2.75, 3.05) is 0 Å². The summed E-state index contributed by atoms with van der Waals surface area (Å²) < 4.78 is 0. The maximum atomic E-state index is 6.18. The fourth-order valence-corrected chi connectivity index (χ4v) is 2.50. The number of hydrogen-bond donors (Lipinski definition) is 1. The highest BCUT2D eigenvalue weighted by Gasteiger charge is 2.05. The van der Waals surface area contributed by atoms with Crippen LogP contribution in [0.1, 0.15) is 76.3 Å². The zero-order chi connectivity index (χ0) is 13.9. The molecule has 1 unspecified atom stereocenters. The van der Waals surface area contributed by atoms with Crippen LogP contribution in [-0.2, 0) is 0 Å². The number of nitrogens with two attached hydrogens (primary N) is 1. The molecule has 0 saturated heterocycles. The molecule has 108 valence electrons. The molecule has 0 amide bonds. The maximum Gasteiger partial charge on any atom is 0.0406 e. The largest absolute Gasteiger partial charge is 0.324 e. The van der Waals surface area contributed by atoms with Crippen molar-refractivity contribution >= 4 is 11.6 Å². The molecule has 1 rings (SSSR count). The van der Waals surface area contributed by atoms with Gasteiger partial charge in [-0.2, -0.15) is 0 Å². The summed E-state index contributed by atoms with van der Waals surface area (Å²) in [6.45, 7) is 2.26. The average Bonchev–Trinajstić information content (AvgIpc) is 2.42. The molecule has 2 N–H and O–H groups in total. The molecule has 0 fully saturated rings. The second-order valence-corrected chi connectivity index (χ2v) is 5.86. The first-order chi connectivity index (χ1) is 9.24. The molecule has 1 nitrogen and oxygen atoms in total. The lowest BCUT2D eigenvalue weighted by Gasteiger charge is -2.11. The molecule has 2 heteroatoms. The summed E-state index contributed by atoms with van der Waals surface area (Å²) in [6.07, 6.45) is 11.9.